The minimum Gasteiger partial charge on any atom is -0.456 e. The van der Waals surface area contributed by atoms with Crippen molar-refractivity contribution >= 4 is 71.3 Å². The molecule has 2 heteroatoms. The first-order valence-electron chi connectivity index (χ1n) is 17.1. The Labute approximate surface area is 290 Å². The zero-order chi connectivity index (χ0) is 33.0. The minimum atomic E-state index is 0.921. The molecule has 0 atom stereocenters. The van der Waals surface area contributed by atoms with Gasteiger partial charge in [0.1, 0.15) is 11.2 Å². The summed E-state index contributed by atoms with van der Waals surface area (Å²) < 4.78 is 6.21. The number of furan rings is 1. The van der Waals surface area contributed by atoms with Crippen LogP contribution < -0.4 is 4.90 Å². The SMILES string of the molecule is c1ccc(-c2ccc(N(c3cccc(-c4ccc5ccccc5c4)c3)c3ccc4c(ccc5cc6oc7ccccc7c6cc54)c3)cc2)cc1. The third kappa shape index (κ3) is 4.81. The Hall–Kier alpha value is -6.64. The molecule has 0 aliphatic heterocycles. The average molecular weight is 638 g/mol. The van der Waals surface area contributed by atoms with Gasteiger partial charge in [0.2, 0.25) is 0 Å². The predicted molar refractivity (Wildman–Crippen MR) is 212 cm³/mol. The summed E-state index contributed by atoms with van der Waals surface area (Å²) in [6, 6.07) is 67.7. The fraction of sp³-hybridized carbons (Fsp3) is 0. The molecule has 0 fully saturated rings. The van der Waals surface area contributed by atoms with Crippen molar-refractivity contribution in [3.05, 3.63) is 188 Å². The highest BCUT2D eigenvalue weighted by atomic mass is 16.3. The summed E-state index contributed by atoms with van der Waals surface area (Å²) in [5.41, 5.74) is 9.95. The molecule has 1 heterocycles. The summed E-state index contributed by atoms with van der Waals surface area (Å²) in [6.07, 6.45) is 0. The Morgan fingerprint density at radius 3 is 1.80 bits per heavy atom. The Morgan fingerprint density at radius 2 is 0.920 bits per heavy atom. The molecule has 1 aromatic heterocycles. The molecule has 0 unspecified atom stereocenters. The zero-order valence-electron chi connectivity index (χ0n) is 27.3. The highest BCUT2D eigenvalue weighted by Crippen LogP contribution is 2.41. The summed E-state index contributed by atoms with van der Waals surface area (Å²) in [6.45, 7) is 0. The Balaban J connectivity index is 1.13. The number of nitrogens with zero attached hydrogens (tertiary/aromatic N) is 1. The van der Waals surface area contributed by atoms with Crippen LogP contribution in [0.2, 0.25) is 0 Å². The molecular formula is C48H31NO. The first kappa shape index (κ1) is 28.4. The van der Waals surface area contributed by atoms with E-state index in [9.17, 15) is 0 Å². The molecular weight excluding hydrogens is 607 g/mol. The number of para-hydroxylation sites is 1. The Morgan fingerprint density at radius 1 is 0.280 bits per heavy atom. The zero-order valence-corrected chi connectivity index (χ0v) is 27.3. The van der Waals surface area contributed by atoms with E-state index in [1.807, 2.05) is 12.1 Å². The van der Waals surface area contributed by atoms with Crippen molar-refractivity contribution in [3.63, 3.8) is 0 Å². The van der Waals surface area contributed by atoms with Gasteiger partial charge in [-0.05, 0) is 115 Å². The molecule has 10 rings (SSSR count). The lowest BCUT2D eigenvalue weighted by Gasteiger charge is -2.27. The smallest absolute Gasteiger partial charge is 0.136 e. The quantitative estimate of drug-likeness (QED) is 0.175. The van der Waals surface area contributed by atoms with Gasteiger partial charge in [0.05, 0.1) is 0 Å². The van der Waals surface area contributed by atoms with E-state index >= 15 is 0 Å². The molecule has 2 nitrogen and oxygen atoms in total. The second-order valence-electron chi connectivity index (χ2n) is 13.0. The van der Waals surface area contributed by atoms with Gasteiger partial charge < -0.3 is 9.32 Å². The largest absolute Gasteiger partial charge is 0.456 e. The van der Waals surface area contributed by atoms with E-state index < -0.39 is 0 Å². The number of fused-ring (bicyclic) bond motifs is 7. The standard InChI is InChI=1S/C48H31NO/c1-2-9-32(10-3-1)34-21-23-40(24-22-34)49(41-14-8-13-36(28-41)37-18-17-33-11-4-5-12-35(33)27-37)42-25-26-43-38(29-42)19-20-39-30-48-46(31-45(39)43)44-15-6-7-16-47(44)50-48/h1-31H. The van der Waals surface area contributed by atoms with Crippen LogP contribution in [-0.4, -0.2) is 0 Å². The van der Waals surface area contributed by atoms with Crippen LogP contribution in [0, 0.1) is 0 Å². The van der Waals surface area contributed by atoms with Crippen LogP contribution in [0.25, 0.3) is 76.5 Å². The van der Waals surface area contributed by atoms with E-state index in [0.717, 1.165) is 39.0 Å². The minimum absolute atomic E-state index is 0.921. The van der Waals surface area contributed by atoms with Crippen LogP contribution in [0.4, 0.5) is 17.1 Å². The number of hydrogen-bond acceptors (Lipinski definition) is 2. The maximum absolute atomic E-state index is 6.21. The van der Waals surface area contributed by atoms with Gasteiger partial charge in [0.25, 0.3) is 0 Å². The predicted octanol–water partition coefficient (Wildman–Crippen LogP) is 13.8. The van der Waals surface area contributed by atoms with Crippen LogP contribution in [0.3, 0.4) is 0 Å². The molecule has 9 aromatic carbocycles. The highest BCUT2D eigenvalue weighted by Gasteiger charge is 2.16. The van der Waals surface area contributed by atoms with E-state index in [1.54, 1.807) is 0 Å². The van der Waals surface area contributed by atoms with Gasteiger partial charge in [-0.25, -0.2) is 0 Å². The summed E-state index contributed by atoms with van der Waals surface area (Å²) in [4.78, 5) is 2.37. The Kier molecular flexibility index (Phi) is 6.53. The average Bonchev–Trinajstić information content (AvgIpc) is 3.55. The van der Waals surface area contributed by atoms with Crippen LogP contribution >= 0.6 is 0 Å². The summed E-state index contributed by atoms with van der Waals surface area (Å²) in [5, 5.41) is 9.61. The van der Waals surface area contributed by atoms with Gasteiger partial charge in [-0.3, -0.25) is 0 Å². The van der Waals surface area contributed by atoms with Crippen molar-refractivity contribution in [2.24, 2.45) is 0 Å². The Bertz CT molecular complexity index is 2870. The fourth-order valence-electron chi connectivity index (χ4n) is 7.48. The molecule has 0 spiro atoms. The fourth-order valence-corrected chi connectivity index (χ4v) is 7.48. The molecule has 0 aliphatic carbocycles. The van der Waals surface area contributed by atoms with Crippen LogP contribution in [0.5, 0.6) is 0 Å². The molecule has 0 radical (unpaired) electrons. The molecule has 50 heavy (non-hydrogen) atoms. The van der Waals surface area contributed by atoms with Crippen molar-refractivity contribution in [1.82, 2.24) is 0 Å². The van der Waals surface area contributed by atoms with Crippen molar-refractivity contribution in [2.45, 2.75) is 0 Å². The van der Waals surface area contributed by atoms with Crippen LogP contribution in [0.1, 0.15) is 0 Å². The number of rotatable bonds is 5. The lowest BCUT2D eigenvalue weighted by atomic mass is 9.98. The third-order valence-electron chi connectivity index (χ3n) is 9.99. The normalized spacial score (nSPS) is 11.6. The third-order valence-corrected chi connectivity index (χ3v) is 9.99. The van der Waals surface area contributed by atoms with Crippen LogP contribution in [-0.2, 0) is 0 Å². The molecule has 234 valence electrons. The monoisotopic (exact) mass is 637 g/mol. The topological polar surface area (TPSA) is 16.4 Å². The molecule has 10 aromatic rings. The van der Waals surface area contributed by atoms with Gasteiger partial charge in [0, 0.05) is 27.8 Å². The highest BCUT2D eigenvalue weighted by molar-refractivity contribution is 6.16. The van der Waals surface area contributed by atoms with E-state index in [2.05, 4.69) is 181 Å². The van der Waals surface area contributed by atoms with E-state index in [4.69, 9.17) is 4.42 Å². The summed E-state index contributed by atoms with van der Waals surface area (Å²) in [7, 11) is 0. The van der Waals surface area contributed by atoms with E-state index in [1.165, 1.54) is 54.6 Å². The van der Waals surface area contributed by atoms with Gasteiger partial charge in [-0.1, -0.05) is 127 Å². The van der Waals surface area contributed by atoms with Crippen molar-refractivity contribution < 1.29 is 4.42 Å². The van der Waals surface area contributed by atoms with Gasteiger partial charge in [-0.15, -0.1) is 0 Å². The maximum Gasteiger partial charge on any atom is 0.136 e. The first-order chi connectivity index (χ1) is 24.7. The van der Waals surface area contributed by atoms with E-state index in [-0.39, 0.29) is 0 Å². The molecule has 0 N–H and O–H groups in total. The van der Waals surface area contributed by atoms with E-state index in [0.29, 0.717) is 0 Å². The summed E-state index contributed by atoms with van der Waals surface area (Å²) in [5.74, 6) is 0. The molecule has 0 saturated heterocycles. The molecule has 0 bridgehead atoms. The van der Waals surface area contributed by atoms with Crippen molar-refractivity contribution in [2.75, 3.05) is 4.90 Å². The van der Waals surface area contributed by atoms with Crippen molar-refractivity contribution in [3.8, 4) is 22.3 Å². The lowest BCUT2D eigenvalue weighted by Crippen LogP contribution is -2.10. The van der Waals surface area contributed by atoms with Gasteiger partial charge >= 0.3 is 0 Å². The van der Waals surface area contributed by atoms with Gasteiger partial charge in [-0.2, -0.15) is 0 Å². The molecule has 0 saturated carbocycles. The van der Waals surface area contributed by atoms with Crippen molar-refractivity contribution in [1.29, 1.82) is 0 Å². The van der Waals surface area contributed by atoms with Gasteiger partial charge in [0.15, 0.2) is 0 Å². The molecule has 0 amide bonds. The number of benzene rings is 9. The summed E-state index contributed by atoms with van der Waals surface area (Å²) >= 11 is 0. The first-order valence-corrected chi connectivity index (χ1v) is 17.1. The molecule has 0 aliphatic rings. The second-order valence-corrected chi connectivity index (χ2v) is 13.0. The van der Waals surface area contributed by atoms with Crippen LogP contribution in [0.15, 0.2) is 192 Å². The lowest BCUT2D eigenvalue weighted by molar-refractivity contribution is 0.669. The number of hydrogen-bond donors (Lipinski definition) is 0. The maximum atomic E-state index is 6.21. The second kappa shape index (κ2) is 11.5. The number of anilines is 3.